The number of nitrogens with one attached hydrogen (secondary N) is 1. The molecule has 0 saturated carbocycles. The Balaban J connectivity index is 1.60. The fraction of sp³-hybridized carbons (Fsp3) is 0.143. The van der Waals surface area contributed by atoms with Crippen molar-refractivity contribution in [3.8, 4) is 11.5 Å². The van der Waals surface area contributed by atoms with Crippen molar-refractivity contribution in [2.24, 2.45) is 5.10 Å². The summed E-state index contributed by atoms with van der Waals surface area (Å²) in [7, 11) is 0. The lowest BCUT2D eigenvalue weighted by Crippen LogP contribution is -2.19. The van der Waals surface area contributed by atoms with Gasteiger partial charge in [-0.3, -0.25) is 4.79 Å². The van der Waals surface area contributed by atoms with Gasteiger partial charge in [-0.2, -0.15) is 5.10 Å². The van der Waals surface area contributed by atoms with E-state index >= 15 is 0 Å². The van der Waals surface area contributed by atoms with Crippen molar-refractivity contribution in [2.45, 2.75) is 20.0 Å². The van der Waals surface area contributed by atoms with Crippen molar-refractivity contribution >= 4 is 11.6 Å². The van der Waals surface area contributed by atoms with Crippen molar-refractivity contribution in [1.29, 1.82) is 0 Å². The van der Waals surface area contributed by atoms with E-state index in [1.807, 2.05) is 37.3 Å². The number of aromatic hydroxyl groups is 1. The third kappa shape index (κ3) is 4.98. The summed E-state index contributed by atoms with van der Waals surface area (Å²) >= 11 is 0. The highest BCUT2D eigenvalue weighted by Crippen LogP contribution is 2.14. The van der Waals surface area contributed by atoms with E-state index in [4.69, 9.17) is 9.15 Å². The SMILES string of the molecule is CC/C(=N\NC(=O)c1ccc(COc2ccccc2)o1)c1ccc(O)cc1. The first-order chi connectivity index (χ1) is 13.2. The van der Waals surface area contributed by atoms with Crippen molar-refractivity contribution in [3.63, 3.8) is 0 Å². The number of hydrogen-bond donors (Lipinski definition) is 2. The van der Waals surface area contributed by atoms with Crippen LogP contribution in [-0.2, 0) is 6.61 Å². The molecule has 1 amide bonds. The largest absolute Gasteiger partial charge is 0.508 e. The number of benzene rings is 2. The maximum absolute atomic E-state index is 12.2. The summed E-state index contributed by atoms with van der Waals surface area (Å²) in [6, 6.07) is 19.3. The second-order valence-electron chi connectivity index (χ2n) is 5.77. The number of carbonyl (C=O) groups is 1. The Morgan fingerprint density at radius 3 is 2.52 bits per heavy atom. The van der Waals surface area contributed by atoms with E-state index in [-0.39, 0.29) is 18.1 Å². The standard InChI is InChI=1S/C21H20N2O4/c1-2-19(15-8-10-16(24)11-9-15)22-23-21(25)20-13-12-18(27-20)14-26-17-6-4-3-5-7-17/h3-13,24H,2,14H2,1H3,(H,23,25)/b22-19+. The predicted molar refractivity (Wildman–Crippen MR) is 102 cm³/mol. The molecule has 138 valence electrons. The van der Waals surface area contributed by atoms with Gasteiger partial charge in [0.05, 0.1) is 5.71 Å². The van der Waals surface area contributed by atoms with E-state index in [2.05, 4.69) is 10.5 Å². The van der Waals surface area contributed by atoms with Crippen LogP contribution in [-0.4, -0.2) is 16.7 Å². The zero-order chi connectivity index (χ0) is 19.1. The summed E-state index contributed by atoms with van der Waals surface area (Å²) in [5.74, 6) is 1.17. The highest BCUT2D eigenvalue weighted by Gasteiger charge is 2.12. The molecule has 0 fully saturated rings. The average molecular weight is 364 g/mol. The minimum atomic E-state index is -0.439. The predicted octanol–water partition coefficient (Wildman–Crippen LogP) is 4.11. The third-order valence-electron chi connectivity index (χ3n) is 3.84. The molecule has 1 heterocycles. The van der Waals surface area contributed by atoms with Gasteiger partial charge in [0.1, 0.15) is 23.9 Å². The monoisotopic (exact) mass is 364 g/mol. The van der Waals surface area contributed by atoms with E-state index < -0.39 is 5.91 Å². The Labute approximate surface area is 157 Å². The van der Waals surface area contributed by atoms with E-state index in [1.54, 1.807) is 36.4 Å². The number of carbonyl (C=O) groups excluding carboxylic acids is 1. The first-order valence-corrected chi connectivity index (χ1v) is 8.58. The van der Waals surface area contributed by atoms with Gasteiger partial charge in [0, 0.05) is 0 Å². The van der Waals surface area contributed by atoms with Gasteiger partial charge >= 0.3 is 5.91 Å². The number of hydrazone groups is 1. The Hall–Kier alpha value is -3.54. The molecule has 0 saturated heterocycles. The molecule has 6 nitrogen and oxygen atoms in total. The minimum Gasteiger partial charge on any atom is -0.508 e. The highest BCUT2D eigenvalue weighted by atomic mass is 16.5. The maximum Gasteiger partial charge on any atom is 0.307 e. The summed E-state index contributed by atoms with van der Waals surface area (Å²) in [4.78, 5) is 12.2. The van der Waals surface area contributed by atoms with Crippen LogP contribution in [0.15, 0.2) is 76.2 Å². The van der Waals surface area contributed by atoms with Crippen molar-refractivity contribution < 1.29 is 19.1 Å². The van der Waals surface area contributed by atoms with Crippen LogP contribution in [0.3, 0.4) is 0 Å². The number of amides is 1. The number of hydrogen-bond acceptors (Lipinski definition) is 5. The van der Waals surface area contributed by atoms with Crippen LogP contribution in [0.1, 0.15) is 35.2 Å². The summed E-state index contributed by atoms with van der Waals surface area (Å²) in [6.07, 6.45) is 0.624. The van der Waals surface area contributed by atoms with Crippen LogP contribution in [0.4, 0.5) is 0 Å². The molecular formula is C21H20N2O4. The fourth-order valence-corrected chi connectivity index (χ4v) is 2.42. The molecule has 0 bridgehead atoms. The summed E-state index contributed by atoms with van der Waals surface area (Å²) < 4.78 is 11.1. The third-order valence-corrected chi connectivity index (χ3v) is 3.84. The van der Waals surface area contributed by atoms with Crippen LogP contribution in [0.2, 0.25) is 0 Å². The van der Waals surface area contributed by atoms with E-state index in [1.165, 1.54) is 0 Å². The Morgan fingerprint density at radius 2 is 1.81 bits per heavy atom. The van der Waals surface area contributed by atoms with E-state index in [0.29, 0.717) is 17.9 Å². The Kier molecular flexibility index (Phi) is 5.89. The van der Waals surface area contributed by atoms with E-state index in [9.17, 15) is 9.90 Å². The lowest BCUT2D eigenvalue weighted by atomic mass is 10.1. The topological polar surface area (TPSA) is 84.1 Å². The Bertz CT molecular complexity index is 915. The second kappa shape index (κ2) is 8.71. The van der Waals surface area contributed by atoms with Gasteiger partial charge in [-0.25, -0.2) is 5.43 Å². The van der Waals surface area contributed by atoms with Gasteiger partial charge in [-0.15, -0.1) is 0 Å². The fourth-order valence-electron chi connectivity index (χ4n) is 2.42. The number of nitrogens with zero attached hydrogens (tertiary/aromatic N) is 1. The van der Waals surface area contributed by atoms with Crippen molar-refractivity contribution in [3.05, 3.63) is 83.8 Å². The molecule has 0 atom stereocenters. The molecule has 0 spiro atoms. The van der Waals surface area contributed by atoms with Gasteiger partial charge in [0.15, 0.2) is 5.76 Å². The van der Waals surface area contributed by atoms with Crippen molar-refractivity contribution in [2.75, 3.05) is 0 Å². The zero-order valence-electron chi connectivity index (χ0n) is 14.9. The molecule has 0 aliphatic rings. The number of para-hydroxylation sites is 1. The van der Waals surface area contributed by atoms with Crippen LogP contribution in [0.25, 0.3) is 0 Å². The molecule has 2 N–H and O–H groups in total. The summed E-state index contributed by atoms with van der Waals surface area (Å²) in [5.41, 5.74) is 4.02. The average Bonchev–Trinajstić information content (AvgIpc) is 3.18. The quantitative estimate of drug-likeness (QED) is 0.488. The van der Waals surface area contributed by atoms with Gasteiger partial charge in [0.25, 0.3) is 0 Å². The first kappa shape index (κ1) is 18.3. The Morgan fingerprint density at radius 1 is 1.07 bits per heavy atom. The van der Waals surface area contributed by atoms with Crippen molar-refractivity contribution in [1.82, 2.24) is 5.43 Å². The lowest BCUT2D eigenvalue weighted by molar-refractivity contribution is 0.0923. The number of ether oxygens (including phenoxy) is 1. The first-order valence-electron chi connectivity index (χ1n) is 8.58. The molecule has 27 heavy (non-hydrogen) atoms. The summed E-state index contributed by atoms with van der Waals surface area (Å²) in [6.45, 7) is 2.16. The zero-order valence-corrected chi connectivity index (χ0v) is 14.9. The van der Waals surface area contributed by atoms with Gasteiger partial charge < -0.3 is 14.3 Å². The van der Waals surface area contributed by atoms with Crippen LogP contribution in [0, 0.1) is 0 Å². The lowest BCUT2D eigenvalue weighted by Gasteiger charge is -2.05. The smallest absolute Gasteiger partial charge is 0.307 e. The molecule has 2 aromatic carbocycles. The van der Waals surface area contributed by atoms with E-state index in [0.717, 1.165) is 11.3 Å². The summed E-state index contributed by atoms with van der Waals surface area (Å²) in [5, 5.41) is 13.5. The molecule has 3 rings (SSSR count). The number of furan rings is 1. The highest BCUT2D eigenvalue weighted by molar-refractivity contribution is 6.01. The van der Waals surface area contributed by atoms with Crippen LogP contribution < -0.4 is 10.2 Å². The minimum absolute atomic E-state index is 0.159. The van der Waals surface area contributed by atoms with Crippen LogP contribution in [0.5, 0.6) is 11.5 Å². The molecule has 0 radical (unpaired) electrons. The number of phenols is 1. The molecule has 3 aromatic rings. The number of rotatable bonds is 7. The normalized spacial score (nSPS) is 11.2. The van der Waals surface area contributed by atoms with Crippen LogP contribution >= 0.6 is 0 Å². The molecule has 0 unspecified atom stereocenters. The molecule has 0 aliphatic heterocycles. The molecule has 1 aromatic heterocycles. The van der Waals surface area contributed by atoms with Gasteiger partial charge in [-0.05, 0) is 60.5 Å². The maximum atomic E-state index is 12.2. The molecular weight excluding hydrogens is 344 g/mol. The van der Waals surface area contributed by atoms with Gasteiger partial charge in [-0.1, -0.05) is 25.1 Å². The van der Waals surface area contributed by atoms with Gasteiger partial charge in [0.2, 0.25) is 0 Å². The molecule has 6 heteroatoms. The second-order valence-corrected chi connectivity index (χ2v) is 5.77. The number of phenolic OH excluding ortho intramolecular Hbond substituents is 1. The molecule has 0 aliphatic carbocycles.